The molecule has 9 heteroatoms. The number of nitrogens with zero attached hydrogens (tertiary/aromatic N) is 2. The standard InChI is InChI=1S/C13H15F6N3/c14-10-5-8(13(17,18)19)6-21-11(10)12(15,16)7-22-3-1-9(20)2-4-22/h5-6,9H,1-4,7,20H2. The Balaban J connectivity index is 2.15. The van der Waals surface area contributed by atoms with Gasteiger partial charge >= 0.3 is 12.1 Å². The third-order valence-electron chi connectivity index (χ3n) is 3.57. The monoisotopic (exact) mass is 327 g/mol. The molecule has 0 aromatic carbocycles. The van der Waals surface area contributed by atoms with Gasteiger partial charge in [0.05, 0.1) is 12.1 Å². The molecule has 1 aliphatic heterocycles. The van der Waals surface area contributed by atoms with E-state index in [1.54, 1.807) is 0 Å². The number of likely N-dealkylation sites (tertiary alicyclic amines) is 1. The summed E-state index contributed by atoms with van der Waals surface area (Å²) in [5.41, 5.74) is 3.00. The number of halogens is 6. The molecule has 3 nitrogen and oxygen atoms in total. The second-order valence-corrected chi connectivity index (χ2v) is 5.37. The molecule has 1 aliphatic rings. The zero-order chi connectivity index (χ0) is 16.5. The van der Waals surface area contributed by atoms with E-state index in [1.165, 1.54) is 4.90 Å². The van der Waals surface area contributed by atoms with Gasteiger partial charge in [0.2, 0.25) is 0 Å². The van der Waals surface area contributed by atoms with Gasteiger partial charge in [0.15, 0.2) is 5.82 Å². The van der Waals surface area contributed by atoms with Crippen LogP contribution >= 0.6 is 0 Å². The summed E-state index contributed by atoms with van der Waals surface area (Å²) in [6, 6.07) is -0.00617. The van der Waals surface area contributed by atoms with Crippen LogP contribution in [0.15, 0.2) is 12.3 Å². The number of pyridine rings is 1. The topological polar surface area (TPSA) is 42.1 Å². The minimum Gasteiger partial charge on any atom is -0.328 e. The molecule has 2 N–H and O–H groups in total. The van der Waals surface area contributed by atoms with Crippen molar-refractivity contribution in [2.45, 2.75) is 31.0 Å². The van der Waals surface area contributed by atoms with Crippen LogP contribution in [0.4, 0.5) is 26.3 Å². The van der Waals surface area contributed by atoms with Crippen LogP contribution in [0.3, 0.4) is 0 Å². The van der Waals surface area contributed by atoms with Crippen LogP contribution in [0.5, 0.6) is 0 Å². The normalized spacial score (nSPS) is 18.7. The quantitative estimate of drug-likeness (QED) is 0.868. The summed E-state index contributed by atoms with van der Waals surface area (Å²) in [7, 11) is 0. The van der Waals surface area contributed by atoms with Gasteiger partial charge in [0.25, 0.3) is 0 Å². The smallest absolute Gasteiger partial charge is 0.328 e. The predicted octanol–water partition coefficient (Wildman–Crippen LogP) is 2.75. The minimum absolute atomic E-state index is 0.0440. The molecule has 0 radical (unpaired) electrons. The van der Waals surface area contributed by atoms with Gasteiger partial charge in [-0.25, -0.2) is 4.39 Å². The molecule has 0 atom stereocenters. The molecule has 0 unspecified atom stereocenters. The molecule has 0 aliphatic carbocycles. The van der Waals surface area contributed by atoms with Gasteiger partial charge in [0.1, 0.15) is 5.69 Å². The predicted molar refractivity (Wildman–Crippen MR) is 66.7 cm³/mol. The first-order chi connectivity index (χ1) is 10.1. The van der Waals surface area contributed by atoms with Crippen LogP contribution in [0, 0.1) is 5.82 Å². The maximum Gasteiger partial charge on any atom is 0.417 e. The van der Waals surface area contributed by atoms with E-state index in [2.05, 4.69) is 4.98 Å². The lowest BCUT2D eigenvalue weighted by atomic mass is 10.0. The van der Waals surface area contributed by atoms with Crippen molar-refractivity contribution in [3.05, 3.63) is 29.3 Å². The Bertz CT molecular complexity index is 523. The highest BCUT2D eigenvalue weighted by Gasteiger charge is 2.40. The number of alkyl halides is 5. The van der Waals surface area contributed by atoms with Crippen molar-refractivity contribution in [2.24, 2.45) is 5.73 Å². The second kappa shape index (κ2) is 6.04. The second-order valence-electron chi connectivity index (χ2n) is 5.37. The van der Waals surface area contributed by atoms with Crippen LogP contribution in [-0.2, 0) is 12.1 Å². The van der Waals surface area contributed by atoms with Gasteiger partial charge in [-0.1, -0.05) is 0 Å². The summed E-state index contributed by atoms with van der Waals surface area (Å²) >= 11 is 0. The number of aromatic nitrogens is 1. The lowest BCUT2D eigenvalue weighted by Crippen LogP contribution is -2.44. The number of piperidine rings is 1. The van der Waals surface area contributed by atoms with Gasteiger partial charge in [-0.05, 0) is 32.0 Å². The highest BCUT2D eigenvalue weighted by molar-refractivity contribution is 5.22. The van der Waals surface area contributed by atoms with Crippen molar-refractivity contribution in [1.82, 2.24) is 9.88 Å². The highest BCUT2D eigenvalue weighted by Crippen LogP contribution is 2.34. The third-order valence-corrected chi connectivity index (χ3v) is 3.57. The molecule has 22 heavy (non-hydrogen) atoms. The Morgan fingerprint density at radius 2 is 1.77 bits per heavy atom. The van der Waals surface area contributed by atoms with E-state index in [0.717, 1.165) is 0 Å². The largest absolute Gasteiger partial charge is 0.417 e. The number of hydrogen-bond donors (Lipinski definition) is 1. The molecule has 1 fully saturated rings. The highest BCUT2D eigenvalue weighted by atomic mass is 19.4. The maximum absolute atomic E-state index is 14.1. The third kappa shape index (κ3) is 3.89. The Morgan fingerprint density at radius 3 is 2.27 bits per heavy atom. The fourth-order valence-corrected chi connectivity index (χ4v) is 2.33. The van der Waals surface area contributed by atoms with Gasteiger partial charge in [0, 0.05) is 12.2 Å². The zero-order valence-corrected chi connectivity index (χ0v) is 11.5. The number of nitrogens with two attached hydrogens (primary N) is 1. The molecule has 2 heterocycles. The average Bonchev–Trinajstić information content (AvgIpc) is 2.39. The van der Waals surface area contributed by atoms with Crippen molar-refractivity contribution in [3.63, 3.8) is 0 Å². The van der Waals surface area contributed by atoms with Gasteiger partial charge in [-0.15, -0.1) is 0 Å². The summed E-state index contributed by atoms with van der Waals surface area (Å²) < 4.78 is 78.9. The first kappa shape index (κ1) is 17.0. The van der Waals surface area contributed by atoms with Gasteiger partial charge in [-0.3, -0.25) is 9.88 Å². The fraction of sp³-hybridized carbons (Fsp3) is 0.615. The Kier molecular flexibility index (Phi) is 4.67. The molecule has 1 saturated heterocycles. The molecular weight excluding hydrogens is 312 g/mol. The molecule has 0 bridgehead atoms. The Morgan fingerprint density at radius 1 is 1.18 bits per heavy atom. The summed E-state index contributed by atoms with van der Waals surface area (Å²) in [5, 5.41) is 0. The van der Waals surface area contributed by atoms with Crippen molar-refractivity contribution in [1.29, 1.82) is 0 Å². The molecule has 0 amide bonds. The van der Waals surface area contributed by atoms with E-state index in [9.17, 15) is 26.3 Å². The molecule has 0 spiro atoms. The summed E-state index contributed by atoms with van der Waals surface area (Å²) in [5.74, 6) is -5.33. The SMILES string of the molecule is NC1CCN(CC(F)(F)c2ncc(C(F)(F)F)cc2F)CC1. The molecule has 2 rings (SSSR count). The van der Waals surface area contributed by atoms with Crippen LogP contribution in [0.25, 0.3) is 0 Å². The van der Waals surface area contributed by atoms with Crippen LogP contribution in [-0.4, -0.2) is 35.6 Å². The van der Waals surface area contributed by atoms with Crippen molar-refractivity contribution >= 4 is 0 Å². The Hall–Kier alpha value is -1.35. The van der Waals surface area contributed by atoms with Crippen molar-refractivity contribution in [2.75, 3.05) is 19.6 Å². The van der Waals surface area contributed by atoms with Crippen LogP contribution in [0.2, 0.25) is 0 Å². The fourth-order valence-electron chi connectivity index (χ4n) is 2.33. The molecule has 1 aromatic heterocycles. The maximum atomic E-state index is 14.1. The molecule has 0 saturated carbocycles. The lowest BCUT2D eigenvalue weighted by molar-refractivity contribution is -0.138. The van der Waals surface area contributed by atoms with Crippen LogP contribution in [0.1, 0.15) is 24.1 Å². The van der Waals surface area contributed by atoms with Crippen LogP contribution < -0.4 is 5.73 Å². The van der Waals surface area contributed by atoms with E-state index in [4.69, 9.17) is 5.73 Å². The number of hydrogen-bond acceptors (Lipinski definition) is 3. The van der Waals surface area contributed by atoms with E-state index >= 15 is 0 Å². The van der Waals surface area contributed by atoms with E-state index in [-0.39, 0.29) is 18.3 Å². The molecular formula is C13H15F6N3. The van der Waals surface area contributed by atoms with Gasteiger partial charge in [-0.2, -0.15) is 22.0 Å². The van der Waals surface area contributed by atoms with E-state index < -0.39 is 35.7 Å². The summed E-state index contributed by atoms with van der Waals surface area (Å²) in [6.07, 6.45) is -3.53. The Labute approximate surface area is 123 Å². The lowest BCUT2D eigenvalue weighted by Gasteiger charge is -2.32. The first-order valence-electron chi connectivity index (χ1n) is 6.68. The first-order valence-corrected chi connectivity index (χ1v) is 6.68. The molecule has 124 valence electrons. The van der Waals surface area contributed by atoms with E-state index in [0.29, 0.717) is 25.9 Å². The zero-order valence-electron chi connectivity index (χ0n) is 11.5. The van der Waals surface area contributed by atoms with Gasteiger partial charge < -0.3 is 5.73 Å². The summed E-state index contributed by atoms with van der Waals surface area (Å²) in [6.45, 7) is -0.132. The molecule has 1 aromatic rings. The van der Waals surface area contributed by atoms with E-state index in [1.807, 2.05) is 0 Å². The minimum atomic E-state index is -4.83. The van der Waals surface area contributed by atoms with Crippen molar-refractivity contribution in [3.8, 4) is 0 Å². The van der Waals surface area contributed by atoms with Crippen molar-refractivity contribution < 1.29 is 26.3 Å². The average molecular weight is 327 g/mol. The summed E-state index contributed by atoms with van der Waals surface area (Å²) in [4.78, 5) is 4.41. The number of rotatable bonds is 3.